The number of benzene rings is 1. The molecule has 3 rings (SSSR count). The van der Waals surface area contributed by atoms with Crippen LogP contribution in [0.4, 0.5) is 5.69 Å². The van der Waals surface area contributed by atoms with Gasteiger partial charge in [0, 0.05) is 19.0 Å². The van der Waals surface area contributed by atoms with E-state index < -0.39 is 12.1 Å². The maximum atomic E-state index is 13.6. The normalized spacial score (nSPS) is 15.4. The maximum Gasteiger partial charge on any atom is 0.243 e. The van der Waals surface area contributed by atoms with Crippen molar-refractivity contribution in [2.45, 2.75) is 52.1 Å². The molecule has 0 unspecified atom stereocenters. The molecule has 9 nitrogen and oxygen atoms in total. The Morgan fingerprint density at radius 2 is 1.85 bits per heavy atom. The van der Waals surface area contributed by atoms with Gasteiger partial charge in [0.15, 0.2) is 11.5 Å². The summed E-state index contributed by atoms with van der Waals surface area (Å²) in [4.78, 5) is 38.7. The molecule has 3 N–H and O–H groups in total. The second-order valence-electron chi connectivity index (χ2n) is 9.64. The Hall–Kier alpha value is -4.01. The summed E-state index contributed by atoms with van der Waals surface area (Å²) in [6.45, 7) is 9.39. The van der Waals surface area contributed by atoms with Gasteiger partial charge in [0.1, 0.15) is 6.04 Å². The minimum absolute atomic E-state index is 0.0396. The number of carbonyl (C=O) groups is 2. The topological polar surface area (TPSA) is 115 Å². The number of fused-ring (bicyclic) bond motifs is 3. The first-order valence-electron chi connectivity index (χ1n) is 13.1. The fraction of sp³-hybridized carbons (Fsp3) is 0.433. The Morgan fingerprint density at radius 3 is 2.44 bits per heavy atom. The summed E-state index contributed by atoms with van der Waals surface area (Å²) in [5.41, 5.74) is 3.07. The van der Waals surface area contributed by atoms with Crippen LogP contribution in [0.15, 0.2) is 41.7 Å². The van der Waals surface area contributed by atoms with Gasteiger partial charge in [-0.2, -0.15) is 0 Å². The Labute approximate surface area is 229 Å². The average Bonchev–Trinajstić information content (AvgIpc) is 3.17. The molecule has 3 atom stereocenters. The number of anilines is 1. The lowest BCUT2D eigenvalue weighted by Crippen LogP contribution is -2.44. The Balaban J connectivity index is 2.27. The van der Waals surface area contributed by atoms with E-state index in [0.717, 1.165) is 23.1 Å². The quantitative estimate of drug-likeness (QED) is 0.371. The molecule has 0 saturated heterocycles. The zero-order valence-electron chi connectivity index (χ0n) is 23.6. The van der Waals surface area contributed by atoms with Gasteiger partial charge in [-0.3, -0.25) is 14.4 Å². The summed E-state index contributed by atoms with van der Waals surface area (Å²) in [7, 11) is 4.66. The van der Waals surface area contributed by atoms with Crippen molar-refractivity contribution in [2.75, 3.05) is 33.2 Å². The molecular formula is C30H39N3O6. The maximum absolute atomic E-state index is 13.6. The van der Waals surface area contributed by atoms with Crippen LogP contribution in [0.1, 0.15) is 50.8 Å². The summed E-state index contributed by atoms with van der Waals surface area (Å²) >= 11 is 0. The van der Waals surface area contributed by atoms with Crippen LogP contribution in [0.5, 0.6) is 17.2 Å². The molecule has 39 heavy (non-hydrogen) atoms. The average molecular weight is 538 g/mol. The Kier molecular flexibility index (Phi) is 9.98. The Morgan fingerprint density at radius 1 is 1.13 bits per heavy atom. The van der Waals surface area contributed by atoms with E-state index in [1.807, 2.05) is 26.0 Å². The molecule has 0 radical (unpaired) electrons. The molecule has 2 aromatic carbocycles. The number of hydrogen-bond donors (Lipinski definition) is 3. The zero-order chi connectivity index (χ0) is 28.7. The summed E-state index contributed by atoms with van der Waals surface area (Å²) in [5.74, 6) is 0.990. The highest BCUT2D eigenvalue weighted by molar-refractivity contribution is 5.86. The molecule has 2 amide bonds. The second-order valence-corrected chi connectivity index (χ2v) is 9.64. The first-order valence-corrected chi connectivity index (χ1v) is 13.1. The molecule has 210 valence electrons. The third kappa shape index (κ3) is 6.35. The predicted octanol–water partition coefficient (Wildman–Crippen LogP) is 3.99. The van der Waals surface area contributed by atoms with Gasteiger partial charge in [0.2, 0.25) is 23.0 Å². The smallest absolute Gasteiger partial charge is 0.243 e. The minimum Gasteiger partial charge on any atom is -0.493 e. The zero-order valence-corrected chi connectivity index (χ0v) is 23.6. The van der Waals surface area contributed by atoms with E-state index in [2.05, 4.69) is 22.5 Å². The third-order valence-electron chi connectivity index (χ3n) is 7.14. The Bertz CT molecular complexity index is 1290. The van der Waals surface area contributed by atoms with E-state index in [4.69, 9.17) is 14.2 Å². The molecule has 0 saturated carbocycles. The fourth-order valence-corrected chi connectivity index (χ4v) is 4.98. The summed E-state index contributed by atoms with van der Waals surface area (Å²) in [6.07, 6.45) is 3.51. The van der Waals surface area contributed by atoms with E-state index in [0.29, 0.717) is 42.2 Å². The number of methoxy groups -OCH3 is 3. The SMILES string of the molecule is C=CCNC(=O)[C@H](Nc1ccc2c(cc1=O)[C@@H](NC(C)=O)CCc1cc(OC)c(OC)c(OC)c1-2)[C@H](C)CC. The highest BCUT2D eigenvalue weighted by Gasteiger charge is 2.30. The van der Waals surface area contributed by atoms with Crippen LogP contribution in [0.25, 0.3) is 11.1 Å². The summed E-state index contributed by atoms with van der Waals surface area (Å²) < 4.78 is 17.0. The van der Waals surface area contributed by atoms with Gasteiger partial charge in [-0.05, 0) is 53.6 Å². The van der Waals surface area contributed by atoms with Gasteiger partial charge in [0.05, 0.1) is 33.1 Å². The predicted molar refractivity (Wildman–Crippen MR) is 153 cm³/mol. The van der Waals surface area contributed by atoms with Gasteiger partial charge in [0.25, 0.3) is 0 Å². The molecule has 1 aliphatic carbocycles. The molecule has 0 bridgehead atoms. The van der Waals surface area contributed by atoms with Crippen LogP contribution in [0, 0.1) is 5.92 Å². The number of ether oxygens (including phenoxy) is 3. The molecule has 0 spiro atoms. The van der Waals surface area contributed by atoms with Crippen LogP contribution >= 0.6 is 0 Å². The van der Waals surface area contributed by atoms with Crippen LogP contribution < -0.4 is 35.6 Å². The van der Waals surface area contributed by atoms with Gasteiger partial charge in [-0.15, -0.1) is 6.58 Å². The first kappa shape index (κ1) is 29.5. The van der Waals surface area contributed by atoms with Crippen molar-refractivity contribution in [3.8, 4) is 28.4 Å². The lowest BCUT2D eigenvalue weighted by Gasteiger charge is -2.23. The monoisotopic (exact) mass is 537 g/mol. The van der Waals surface area contributed by atoms with Crippen molar-refractivity contribution in [1.82, 2.24) is 10.6 Å². The second kappa shape index (κ2) is 13.2. The van der Waals surface area contributed by atoms with Crippen molar-refractivity contribution in [2.24, 2.45) is 5.92 Å². The number of rotatable bonds is 11. The van der Waals surface area contributed by atoms with E-state index in [1.165, 1.54) is 6.92 Å². The number of nitrogens with one attached hydrogen (secondary N) is 3. The van der Waals surface area contributed by atoms with E-state index in [9.17, 15) is 14.4 Å². The molecule has 0 fully saturated rings. The van der Waals surface area contributed by atoms with E-state index >= 15 is 0 Å². The molecule has 0 aromatic heterocycles. The van der Waals surface area contributed by atoms with Gasteiger partial charge in [-0.1, -0.05) is 32.4 Å². The molecule has 9 heteroatoms. The largest absolute Gasteiger partial charge is 0.493 e. The van der Waals surface area contributed by atoms with Crippen LogP contribution in [-0.2, 0) is 16.0 Å². The van der Waals surface area contributed by atoms with Crippen molar-refractivity contribution in [3.05, 3.63) is 58.3 Å². The van der Waals surface area contributed by atoms with Crippen molar-refractivity contribution >= 4 is 17.5 Å². The summed E-state index contributed by atoms with van der Waals surface area (Å²) in [5, 5.41) is 9.02. The van der Waals surface area contributed by atoms with Crippen LogP contribution in [0.3, 0.4) is 0 Å². The van der Waals surface area contributed by atoms with E-state index in [1.54, 1.807) is 39.5 Å². The first-order chi connectivity index (χ1) is 18.7. The van der Waals surface area contributed by atoms with Crippen LogP contribution in [-0.4, -0.2) is 45.7 Å². The van der Waals surface area contributed by atoms with Crippen molar-refractivity contribution < 1.29 is 23.8 Å². The number of carbonyl (C=O) groups excluding carboxylic acids is 2. The molecule has 0 heterocycles. The fourth-order valence-electron chi connectivity index (χ4n) is 4.98. The number of amides is 2. The highest BCUT2D eigenvalue weighted by Crippen LogP contribution is 2.50. The number of aryl methyl sites for hydroxylation is 1. The standard InChI is InChI=1S/C30H39N3O6/c1-8-14-31-30(36)27(17(3)9-2)33-23-13-11-20-21(16-24(23)35)22(32-18(4)34)12-10-19-15-25(37-5)28(38-6)29(39-7)26(19)20/h8,11,13,15-17,22,27H,1,9-10,12,14H2,2-7H3,(H,31,36)(H,32,34)(H,33,35)/t17-,22+,27-/m1/s1. The van der Waals surface area contributed by atoms with Gasteiger partial charge >= 0.3 is 0 Å². The lowest BCUT2D eigenvalue weighted by atomic mass is 9.95. The molecule has 1 aliphatic rings. The lowest BCUT2D eigenvalue weighted by molar-refractivity contribution is -0.122. The number of hydrogen-bond acceptors (Lipinski definition) is 7. The highest BCUT2D eigenvalue weighted by atomic mass is 16.5. The van der Waals surface area contributed by atoms with Crippen LogP contribution in [0.2, 0.25) is 0 Å². The molecular weight excluding hydrogens is 498 g/mol. The van der Waals surface area contributed by atoms with Gasteiger partial charge in [-0.25, -0.2) is 0 Å². The van der Waals surface area contributed by atoms with Gasteiger partial charge < -0.3 is 30.2 Å². The summed E-state index contributed by atoms with van der Waals surface area (Å²) in [6, 6.07) is 5.93. The minimum atomic E-state index is -0.623. The molecule has 0 aliphatic heterocycles. The van der Waals surface area contributed by atoms with Crippen molar-refractivity contribution in [3.63, 3.8) is 0 Å². The van der Waals surface area contributed by atoms with Crippen molar-refractivity contribution in [1.29, 1.82) is 0 Å². The third-order valence-corrected chi connectivity index (χ3v) is 7.14. The molecule has 2 aromatic rings. The van der Waals surface area contributed by atoms with E-state index in [-0.39, 0.29) is 28.8 Å².